The zero-order valence-electron chi connectivity index (χ0n) is 15.5. The molecule has 0 saturated carbocycles. The lowest BCUT2D eigenvalue weighted by atomic mass is 10.0. The smallest absolute Gasteiger partial charge is 0.264 e. The molecule has 1 atom stereocenters. The average Bonchev–Trinajstić information content (AvgIpc) is 2.63. The van der Waals surface area contributed by atoms with Gasteiger partial charge >= 0.3 is 0 Å². The molecule has 0 bridgehead atoms. The monoisotopic (exact) mass is 353 g/mol. The topological polar surface area (TPSA) is 55.8 Å². The largest absolute Gasteiger partial charge is 0.482 e. The number of amides is 1. The van der Waals surface area contributed by atoms with Crippen molar-refractivity contribution in [2.24, 2.45) is 0 Å². The first kappa shape index (κ1) is 18.1. The fourth-order valence-corrected chi connectivity index (χ4v) is 2.96. The highest BCUT2D eigenvalue weighted by molar-refractivity contribution is 6.03. The summed E-state index contributed by atoms with van der Waals surface area (Å²) < 4.78 is 11.2. The molecule has 1 aliphatic heterocycles. The predicted molar refractivity (Wildman–Crippen MR) is 99.8 cm³/mol. The molecule has 1 aliphatic rings. The van der Waals surface area contributed by atoms with E-state index in [0.717, 1.165) is 11.1 Å². The lowest BCUT2D eigenvalue weighted by molar-refractivity contribution is -0.120. The number of nitrogens with zero attached hydrogens (tertiary/aromatic N) is 1. The summed E-state index contributed by atoms with van der Waals surface area (Å²) in [5.41, 5.74) is 4.52. The normalized spacial score (nSPS) is 14.6. The first-order valence-electron chi connectivity index (χ1n) is 8.62. The highest BCUT2D eigenvalue weighted by Crippen LogP contribution is 2.32. The number of hydrogen-bond acceptors (Lipinski definition) is 4. The molecule has 5 heteroatoms. The van der Waals surface area contributed by atoms with Gasteiger partial charge in [-0.2, -0.15) is 0 Å². The molecule has 1 heterocycles. The predicted octanol–water partition coefficient (Wildman–Crippen LogP) is 3.45. The van der Waals surface area contributed by atoms with Gasteiger partial charge in [0.05, 0.1) is 12.3 Å². The van der Waals surface area contributed by atoms with Gasteiger partial charge in [-0.15, -0.1) is 0 Å². The molecular formula is C21H23NO4. The van der Waals surface area contributed by atoms with Crippen molar-refractivity contribution in [3.8, 4) is 5.75 Å². The van der Waals surface area contributed by atoms with Crippen LogP contribution in [0.4, 0.5) is 5.69 Å². The third kappa shape index (κ3) is 3.63. The van der Waals surface area contributed by atoms with Crippen molar-refractivity contribution >= 4 is 17.4 Å². The maximum Gasteiger partial charge on any atom is 0.264 e. The molecule has 0 fully saturated rings. The number of carbonyl (C=O) groups is 2. The van der Waals surface area contributed by atoms with Gasteiger partial charge in [-0.25, -0.2) is 0 Å². The van der Waals surface area contributed by atoms with Crippen LogP contribution in [0.1, 0.15) is 34.0 Å². The van der Waals surface area contributed by atoms with Crippen LogP contribution in [0.25, 0.3) is 0 Å². The maximum absolute atomic E-state index is 12.7. The van der Waals surface area contributed by atoms with Gasteiger partial charge in [0.15, 0.2) is 12.4 Å². The van der Waals surface area contributed by atoms with Crippen LogP contribution < -0.4 is 9.64 Å². The summed E-state index contributed by atoms with van der Waals surface area (Å²) in [5.74, 6) is 0.345. The summed E-state index contributed by atoms with van der Waals surface area (Å²) in [4.78, 5) is 26.0. The van der Waals surface area contributed by atoms with Crippen molar-refractivity contribution in [1.29, 1.82) is 0 Å². The van der Waals surface area contributed by atoms with Crippen LogP contribution in [0.3, 0.4) is 0 Å². The number of ketones is 1. The van der Waals surface area contributed by atoms with Gasteiger partial charge in [-0.05, 0) is 50.1 Å². The average molecular weight is 353 g/mol. The Bertz CT molecular complexity index is 859. The number of aryl methyl sites for hydroxylation is 2. The van der Waals surface area contributed by atoms with Crippen LogP contribution in [0.15, 0.2) is 36.4 Å². The third-order valence-electron chi connectivity index (χ3n) is 4.69. The Morgan fingerprint density at radius 1 is 1.23 bits per heavy atom. The number of fused-ring (bicyclic) bond motifs is 1. The van der Waals surface area contributed by atoms with Crippen molar-refractivity contribution < 1.29 is 19.1 Å². The van der Waals surface area contributed by atoms with Gasteiger partial charge in [-0.3, -0.25) is 9.59 Å². The molecule has 5 nitrogen and oxygen atoms in total. The highest BCUT2D eigenvalue weighted by Gasteiger charge is 2.25. The molecule has 136 valence electrons. The quantitative estimate of drug-likeness (QED) is 0.773. The molecule has 3 rings (SSSR count). The molecule has 0 aromatic heterocycles. The minimum Gasteiger partial charge on any atom is -0.482 e. The van der Waals surface area contributed by atoms with E-state index in [4.69, 9.17) is 9.47 Å². The molecule has 2 aromatic rings. The van der Waals surface area contributed by atoms with Crippen molar-refractivity contribution in [3.63, 3.8) is 0 Å². The number of anilines is 1. The van der Waals surface area contributed by atoms with Crippen LogP contribution >= 0.6 is 0 Å². The van der Waals surface area contributed by atoms with Crippen LogP contribution in [0.5, 0.6) is 5.75 Å². The van der Waals surface area contributed by atoms with Gasteiger partial charge < -0.3 is 14.4 Å². The molecule has 1 amide bonds. The number of rotatable bonds is 5. The SMILES string of the molecule is Cc1ccc(COC(C)C(=O)c2ccc3c(c2)N(C)C(=O)CO3)c(C)c1. The Hall–Kier alpha value is -2.66. The Morgan fingerprint density at radius 3 is 2.73 bits per heavy atom. The number of Topliss-reactive ketones (excluding diaryl/α,β-unsaturated/α-hetero) is 1. The van der Waals surface area contributed by atoms with E-state index in [2.05, 4.69) is 6.07 Å². The zero-order chi connectivity index (χ0) is 18.8. The zero-order valence-corrected chi connectivity index (χ0v) is 15.5. The van der Waals surface area contributed by atoms with E-state index in [9.17, 15) is 9.59 Å². The molecule has 26 heavy (non-hydrogen) atoms. The van der Waals surface area contributed by atoms with E-state index in [1.807, 2.05) is 26.0 Å². The standard InChI is InChI=1S/C21H23NO4/c1-13-5-6-17(14(2)9-13)11-25-15(3)21(24)16-7-8-19-18(10-16)22(4)20(23)12-26-19/h5-10,15H,11-12H2,1-4H3. The van der Waals surface area contributed by atoms with Crippen molar-refractivity contribution in [2.45, 2.75) is 33.5 Å². The van der Waals surface area contributed by atoms with Crippen LogP contribution in [0.2, 0.25) is 0 Å². The van der Waals surface area contributed by atoms with Gasteiger partial charge in [0, 0.05) is 12.6 Å². The lowest BCUT2D eigenvalue weighted by Crippen LogP contribution is -2.35. The summed E-state index contributed by atoms with van der Waals surface area (Å²) in [6.07, 6.45) is -0.584. The fourth-order valence-electron chi connectivity index (χ4n) is 2.96. The van der Waals surface area contributed by atoms with Gasteiger partial charge in [0.1, 0.15) is 11.9 Å². The first-order valence-corrected chi connectivity index (χ1v) is 8.62. The number of hydrogen-bond donors (Lipinski definition) is 0. The minimum absolute atomic E-state index is 0.0200. The summed E-state index contributed by atoms with van der Waals surface area (Å²) in [7, 11) is 1.68. The van der Waals surface area contributed by atoms with Crippen LogP contribution in [0, 0.1) is 13.8 Å². The van der Waals surface area contributed by atoms with E-state index in [1.165, 1.54) is 10.5 Å². The molecule has 0 radical (unpaired) electrons. The van der Waals surface area contributed by atoms with Crippen molar-refractivity contribution in [2.75, 3.05) is 18.6 Å². The van der Waals surface area contributed by atoms with Crippen LogP contribution in [-0.2, 0) is 16.1 Å². The summed E-state index contributed by atoms with van der Waals surface area (Å²) in [5, 5.41) is 0. The third-order valence-corrected chi connectivity index (χ3v) is 4.69. The second-order valence-corrected chi connectivity index (χ2v) is 6.67. The molecular weight excluding hydrogens is 330 g/mol. The summed E-state index contributed by atoms with van der Waals surface area (Å²) >= 11 is 0. The second-order valence-electron chi connectivity index (χ2n) is 6.67. The van der Waals surface area contributed by atoms with Gasteiger partial charge in [0.2, 0.25) is 0 Å². The Balaban J connectivity index is 1.71. The van der Waals surface area contributed by atoms with E-state index >= 15 is 0 Å². The number of ether oxygens (including phenoxy) is 2. The Morgan fingerprint density at radius 2 is 2.00 bits per heavy atom. The summed E-state index contributed by atoms with van der Waals surface area (Å²) in [6, 6.07) is 11.3. The van der Waals surface area contributed by atoms with E-state index in [0.29, 0.717) is 23.6 Å². The van der Waals surface area contributed by atoms with Gasteiger partial charge in [-0.1, -0.05) is 23.8 Å². The Labute approximate surface area is 153 Å². The Kier molecular flexibility index (Phi) is 5.09. The molecule has 2 aromatic carbocycles. The number of carbonyl (C=O) groups excluding carboxylic acids is 2. The lowest BCUT2D eigenvalue weighted by Gasteiger charge is -2.26. The molecule has 0 spiro atoms. The van der Waals surface area contributed by atoms with Crippen LogP contribution in [-0.4, -0.2) is 31.4 Å². The minimum atomic E-state index is -0.584. The summed E-state index contributed by atoms with van der Waals surface area (Å²) in [6.45, 7) is 6.23. The number of benzene rings is 2. The second kappa shape index (κ2) is 7.30. The first-order chi connectivity index (χ1) is 12.4. The number of likely N-dealkylation sites (N-methyl/N-ethyl adjacent to an activating group) is 1. The molecule has 0 aliphatic carbocycles. The van der Waals surface area contributed by atoms with Crippen molar-refractivity contribution in [1.82, 2.24) is 0 Å². The highest BCUT2D eigenvalue weighted by atomic mass is 16.5. The molecule has 1 unspecified atom stereocenters. The van der Waals surface area contributed by atoms with Crippen molar-refractivity contribution in [3.05, 3.63) is 58.7 Å². The molecule has 0 N–H and O–H groups in total. The molecule has 0 saturated heterocycles. The fraction of sp³-hybridized carbons (Fsp3) is 0.333. The maximum atomic E-state index is 12.7. The van der Waals surface area contributed by atoms with Gasteiger partial charge in [0.25, 0.3) is 5.91 Å². The van der Waals surface area contributed by atoms with E-state index in [1.54, 1.807) is 32.2 Å². The van der Waals surface area contributed by atoms with E-state index < -0.39 is 6.10 Å². The van der Waals surface area contributed by atoms with E-state index in [-0.39, 0.29) is 18.3 Å².